The number of ether oxygens (including phenoxy) is 1. The number of carbonyl (C=O) groups excluding carboxylic acids is 1. The molecular weight excluding hydrogens is 294 g/mol. The van der Waals surface area contributed by atoms with Crippen LogP contribution < -0.4 is 0 Å². The van der Waals surface area contributed by atoms with Crippen LogP contribution in [0.5, 0.6) is 0 Å². The monoisotopic (exact) mass is 315 g/mol. The maximum Gasteiger partial charge on any atom is 0.310 e. The minimum absolute atomic E-state index is 0.0534. The average Bonchev–Trinajstić information content (AvgIpc) is 3.17. The van der Waals surface area contributed by atoms with Crippen molar-refractivity contribution in [3.05, 3.63) is 58.3 Å². The van der Waals surface area contributed by atoms with Gasteiger partial charge in [-0.1, -0.05) is 36.4 Å². The van der Waals surface area contributed by atoms with Gasteiger partial charge in [-0.3, -0.25) is 9.69 Å². The van der Waals surface area contributed by atoms with Crippen LogP contribution in [0, 0.1) is 5.92 Å². The fraction of sp³-hybridized carbons (Fsp3) is 0.389. The van der Waals surface area contributed by atoms with Gasteiger partial charge < -0.3 is 4.74 Å². The lowest BCUT2D eigenvalue weighted by atomic mass is 9.95. The van der Waals surface area contributed by atoms with Crippen LogP contribution >= 0.6 is 11.3 Å². The number of benzene rings is 1. The summed E-state index contributed by atoms with van der Waals surface area (Å²) >= 11 is 1.73. The second-order valence-electron chi connectivity index (χ2n) is 5.66. The number of nitrogens with zero attached hydrogens (tertiary/aromatic N) is 1. The minimum Gasteiger partial charge on any atom is -0.466 e. The Morgan fingerprint density at radius 2 is 2.05 bits per heavy atom. The molecule has 0 bridgehead atoms. The third-order valence-corrected chi connectivity index (χ3v) is 5.15. The van der Waals surface area contributed by atoms with Gasteiger partial charge in [0.25, 0.3) is 0 Å². The summed E-state index contributed by atoms with van der Waals surface area (Å²) in [5.74, 6) is 0.140. The molecule has 0 radical (unpaired) electrons. The van der Waals surface area contributed by atoms with Gasteiger partial charge >= 0.3 is 5.97 Å². The first-order valence-corrected chi connectivity index (χ1v) is 8.62. The van der Waals surface area contributed by atoms with Crippen molar-refractivity contribution >= 4 is 17.3 Å². The molecule has 1 aromatic heterocycles. The highest BCUT2D eigenvalue weighted by atomic mass is 32.1. The number of carbonyl (C=O) groups is 1. The summed E-state index contributed by atoms with van der Waals surface area (Å²) in [6.07, 6.45) is 0. The minimum atomic E-state index is -0.0588. The number of thiophene rings is 1. The molecule has 2 heterocycles. The van der Waals surface area contributed by atoms with E-state index in [4.69, 9.17) is 4.74 Å². The molecule has 3 nitrogen and oxygen atoms in total. The Balaban J connectivity index is 1.74. The fourth-order valence-corrected chi connectivity index (χ4v) is 4.02. The van der Waals surface area contributed by atoms with Crippen LogP contribution in [0.15, 0.2) is 47.8 Å². The summed E-state index contributed by atoms with van der Waals surface area (Å²) in [4.78, 5) is 16.0. The summed E-state index contributed by atoms with van der Waals surface area (Å²) in [6, 6.07) is 14.6. The molecule has 3 rings (SSSR count). The Hall–Kier alpha value is -1.65. The van der Waals surface area contributed by atoms with Gasteiger partial charge in [-0.25, -0.2) is 0 Å². The van der Waals surface area contributed by atoms with E-state index < -0.39 is 0 Å². The van der Waals surface area contributed by atoms with Crippen molar-refractivity contribution in [1.82, 2.24) is 4.90 Å². The van der Waals surface area contributed by atoms with Crippen molar-refractivity contribution in [1.29, 1.82) is 0 Å². The number of hydrogen-bond donors (Lipinski definition) is 0. The van der Waals surface area contributed by atoms with Gasteiger partial charge in [0.2, 0.25) is 0 Å². The van der Waals surface area contributed by atoms with Gasteiger partial charge in [-0.2, -0.15) is 0 Å². The molecule has 116 valence electrons. The van der Waals surface area contributed by atoms with E-state index in [1.54, 1.807) is 11.3 Å². The van der Waals surface area contributed by atoms with E-state index in [1.807, 2.05) is 13.0 Å². The topological polar surface area (TPSA) is 29.5 Å². The molecule has 1 aliphatic heterocycles. The summed E-state index contributed by atoms with van der Waals surface area (Å²) in [7, 11) is 0. The van der Waals surface area contributed by atoms with Crippen LogP contribution in [0.25, 0.3) is 0 Å². The summed E-state index contributed by atoms with van der Waals surface area (Å²) in [5, 5.41) is 2.08. The van der Waals surface area contributed by atoms with Crippen LogP contribution in [0.1, 0.15) is 23.3 Å². The van der Waals surface area contributed by atoms with E-state index in [-0.39, 0.29) is 17.8 Å². The molecule has 0 spiro atoms. The molecule has 1 aromatic carbocycles. The van der Waals surface area contributed by atoms with E-state index >= 15 is 0 Å². The Kier molecular flexibility index (Phi) is 4.90. The number of hydrogen-bond acceptors (Lipinski definition) is 4. The highest BCUT2D eigenvalue weighted by Gasteiger charge is 2.39. The van der Waals surface area contributed by atoms with Gasteiger partial charge in [0.15, 0.2) is 0 Å². The van der Waals surface area contributed by atoms with Gasteiger partial charge in [-0.05, 0) is 23.9 Å². The fourth-order valence-electron chi connectivity index (χ4n) is 3.13. The molecule has 0 amide bonds. The lowest BCUT2D eigenvalue weighted by Crippen LogP contribution is -2.25. The highest BCUT2D eigenvalue weighted by molar-refractivity contribution is 7.10. The molecule has 4 heteroatoms. The highest BCUT2D eigenvalue weighted by Crippen LogP contribution is 2.36. The van der Waals surface area contributed by atoms with Crippen molar-refractivity contribution in [2.75, 3.05) is 19.7 Å². The smallest absolute Gasteiger partial charge is 0.310 e. The zero-order valence-electron chi connectivity index (χ0n) is 12.8. The normalized spacial score (nSPS) is 21.9. The average molecular weight is 315 g/mol. The lowest BCUT2D eigenvalue weighted by Gasteiger charge is -2.15. The van der Waals surface area contributed by atoms with Crippen LogP contribution in [0.3, 0.4) is 0 Å². The van der Waals surface area contributed by atoms with Gasteiger partial charge in [-0.15, -0.1) is 11.3 Å². The van der Waals surface area contributed by atoms with Crippen molar-refractivity contribution in [3.63, 3.8) is 0 Å². The molecular formula is C18H21NO2S. The first kappa shape index (κ1) is 15.3. The van der Waals surface area contributed by atoms with Crippen LogP contribution in [-0.2, 0) is 16.1 Å². The largest absolute Gasteiger partial charge is 0.466 e. The molecule has 2 aromatic rings. The molecule has 22 heavy (non-hydrogen) atoms. The van der Waals surface area contributed by atoms with Crippen molar-refractivity contribution < 1.29 is 9.53 Å². The van der Waals surface area contributed by atoms with Crippen molar-refractivity contribution in [3.8, 4) is 0 Å². The maximum absolute atomic E-state index is 12.3. The molecule has 2 unspecified atom stereocenters. The van der Waals surface area contributed by atoms with Gasteiger partial charge in [0.1, 0.15) is 0 Å². The zero-order valence-corrected chi connectivity index (χ0v) is 13.6. The molecule has 0 N–H and O–H groups in total. The summed E-state index contributed by atoms with van der Waals surface area (Å²) < 4.78 is 5.29. The van der Waals surface area contributed by atoms with Gasteiger partial charge in [0, 0.05) is 30.4 Å². The second kappa shape index (κ2) is 7.07. The molecule has 0 aliphatic carbocycles. The van der Waals surface area contributed by atoms with E-state index in [2.05, 4.69) is 46.7 Å². The Morgan fingerprint density at radius 3 is 2.73 bits per heavy atom. The quantitative estimate of drug-likeness (QED) is 0.791. The number of rotatable bonds is 5. The predicted molar refractivity (Wildman–Crippen MR) is 88.9 cm³/mol. The van der Waals surface area contributed by atoms with Crippen LogP contribution in [-0.4, -0.2) is 30.6 Å². The SMILES string of the molecule is CCOC(=O)C1CN(Cc2ccccc2)CC1c1cccs1. The molecule has 1 fully saturated rings. The maximum atomic E-state index is 12.3. The Labute approximate surface area is 135 Å². The Morgan fingerprint density at radius 1 is 1.23 bits per heavy atom. The standard InChI is InChI=1S/C18H21NO2S/c1-2-21-18(20)16-13-19(11-14-7-4-3-5-8-14)12-15(16)17-9-6-10-22-17/h3-10,15-16H,2,11-13H2,1H3. The molecule has 2 atom stereocenters. The van der Waals surface area contributed by atoms with Crippen molar-refractivity contribution in [2.24, 2.45) is 5.92 Å². The number of likely N-dealkylation sites (tertiary alicyclic amines) is 1. The number of esters is 1. The van der Waals surface area contributed by atoms with Crippen LogP contribution in [0.4, 0.5) is 0 Å². The first-order chi connectivity index (χ1) is 10.8. The molecule has 1 saturated heterocycles. The third-order valence-electron chi connectivity index (χ3n) is 4.14. The molecule has 0 saturated carbocycles. The first-order valence-electron chi connectivity index (χ1n) is 7.74. The van der Waals surface area contributed by atoms with Crippen molar-refractivity contribution in [2.45, 2.75) is 19.4 Å². The second-order valence-corrected chi connectivity index (χ2v) is 6.64. The predicted octanol–water partition coefficient (Wildman–Crippen LogP) is 3.53. The van der Waals surface area contributed by atoms with E-state index in [0.29, 0.717) is 6.61 Å². The van der Waals surface area contributed by atoms with E-state index in [1.165, 1.54) is 10.4 Å². The van der Waals surface area contributed by atoms with E-state index in [0.717, 1.165) is 19.6 Å². The lowest BCUT2D eigenvalue weighted by molar-refractivity contribution is -0.148. The zero-order chi connectivity index (χ0) is 15.4. The van der Waals surface area contributed by atoms with Gasteiger partial charge in [0.05, 0.1) is 12.5 Å². The summed E-state index contributed by atoms with van der Waals surface area (Å²) in [6.45, 7) is 4.90. The Bertz CT molecular complexity index is 597. The summed E-state index contributed by atoms with van der Waals surface area (Å²) in [5.41, 5.74) is 1.29. The van der Waals surface area contributed by atoms with E-state index in [9.17, 15) is 4.79 Å². The third kappa shape index (κ3) is 3.39. The molecule has 1 aliphatic rings. The van der Waals surface area contributed by atoms with Crippen LogP contribution in [0.2, 0.25) is 0 Å².